The van der Waals surface area contributed by atoms with E-state index < -0.39 is 13.3 Å². The smallest absolute Gasteiger partial charge is 0.366 e. The topological polar surface area (TPSA) is 76.5 Å². The summed E-state index contributed by atoms with van der Waals surface area (Å²) in [5, 5.41) is 10.5. The van der Waals surface area contributed by atoms with Gasteiger partial charge in [-0.3, -0.25) is 4.57 Å². The van der Waals surface area contributed by atoms with E-state index in [2.05, 4.69) is 4.98 Å². The molecule has 0 aliphatic carbocycles. The zero-order chi connectivity index (χ0) is 17.0. The van der Waals surface area contributed by atoms with Gasteiger partial charge in [-0.15, -0.1) is 0 Å². The fourth-order valence-electron chi connectivity index (χ4n) is 2.22. The summed E-state index contributed by atoms with van der Waals surface area (Å²) in [5.41, 5.74) is -0.274. The molecule has 5 nitrogen and oxygen atoms in total. The minimum absolute atomic E-state index is 0. The average Bonchev–Trinajstić information content (AvgIpc) is 2.63. The molecule has 0 aliphatic heterocycles. The molecule has 7 heteroatoms. The predicted molar refractivity (Wildman–Crippen MR) is 96.8 cm³/mol. The van der Waals surface area contributed by atoms with Crippen LogP contribution >= 0.6 is 7.37 Å². The first-order valence-corrected chi connectivity index (χ1v) is 8.83. The molecule has 0 spiro atoms. The minimum Gasteiger partial charge on any atom is -0.505 e. The molecular formula is C18H14LiNO4P. The summed E-state index contributed by atoms with van der Waals surface area (Å²) in [4.78, 5) is 16.2. The van der Waals surface area contributed by atoms with E-state index in [1.54, 1.807) is 60.7 Å². The first-order chi connectivity index (χ1) is 11.6. The monoisotopic (exact) mass is 346 g/mol. The van der Waals surface area contributed by atoms with Crippen LogP contribution in [0.25, 0.3) is 0 Å². The van der Waals surface area contributed by atoms with Crippen LogP contribution in [0.1, 0.15) is 10.5 Å². The van der Waals surface area contributed by atoms with E-state index in [-0.39, 0.29) is 30.3 Å². The Morgan fingerprint density at radius 2 is 1.40 bits per heavy atom. The van der Waals surface area contributed by atoms with Gasteiger partial charge in [0.2, 0.25) is 0 Å². The Balaban J connectivity index is 0.00000225. The summed E-state index contributed by atoms with van der Waals surface area (Å²) in [6.45, 7) is 0. The van der Waals surface area contributed by atoms with Crippen molar-refractivity contribution in [3.05, 3.63) is 84.7 Å². The van der Waals surface area contributed by atoms with Crippen molar-refractivity contribution < 1.29 is 19.0 Å². The number of carbonyl (C=O) groups is 1. The van der Waals surface area contributed by atoms with Gasteiger partial charge < -0.3 is 9.63 Å². The van der Waals surface area contributed by atoms with Crippen LogP contribution in [0.5, 0.6) is 5.75 Å². The standard InChI is InChI=1S/C18H14NO4P.Li/c20-16-12-7-13-19-17(16)18(21)23-24(22,14-8-3-1-4-9-14)15-10-5-2-6-11-15;/h1-13,20H;. The van der Waals surface area contributed by atoms with Crippen LogP contribution in [0.2, 0.25) is 0 Å². The quantitative estimate of drug-likeness (QED) is 0.580. The van der Waals surface area contributed by atoms with Gasteiger partial charge >= 0.3 is 13.3 Å². The molecule has 0 bridgehead atoms. The van der Waals surface area contributed by atoms with Gasteiger partial charge in [0.25, 0.3) is 0 Å². The van der Waals surface area contributed by atoms with Crippen LogP contribution < -0.4 is 10.6 Å². The molecule has 0 fully saturated rings. The van der Waals surface area contributed by atoms with Gasteiger partial charge in [0.1, 0.15) is 5.75 Å². The number of pyridine rings is 1. The summed E-state index contributed by atoms with van der Waals surface area (Å²) >= 11 is 0. The molecule has 3 rings (SSSR count). The van der Waals surface area contributed by atoms with E-state index in [9.17, 15) is 14.5 Å². The molecule has 1 N–H and O–H groups in total. The van der Waals surface area contributed by atoms with Gasteiger partial charge in [-0.25, -0.2) is 9.78 Å². The average molecular weight is 346 g/mol. The molecule has 1 aromatic heterocycles. The number of hydrogen-bond donors (Lipinski definition) is 1. The van der Waals surface area contributed by atoms with Crippen molar-refractivity contribution in [1.82, 2.24) is 4.98 Å². The van der Waals surface area contributed by atoms with Crippen LogP contribution in [-0.4, -0.2) is 34.9 Å². The van der Waals surface area contributed by atoms with E-state index in [0.29, 0.717) is 10.6 Å². The van der Waals surface area contributed by atoms with E-state index in [1.807, 2.05) is 0 Å². The molecule has 3 aromatic rings. The largest absolute Gasteiger partial charge is 0.505 e. The molecule has 0 saturated heterocycles. The van der Waals surface area contributed by atoms with Crippen LogP contribution in [-0.2, 0) is 9.09 Å². The third-order valence-electron chi connectivity index (χ3n) is 3.38. The van der Waals surface area contributed by atoms with Crippen molar-refractivity contribution in [2.24, 2.45) is 0 Å². The fourth-order valence-corrected chi connectivity index (χ4v) is 4.18. The Morgan fingerprint density at radius 1 is 0.880 bits per heavy atom. The van der Waals surface area contributed by atoms with Crippen molar-refractivity contribution in [1.29, 1.82) is 0 Å². The second kappa shape index (κ2) is 8.18. The normalized spacial score (nSPS) is 10.6. The molecule has 0 amide bonds. The fraction of sp³-hybridized carbons (Fsp3) is 0. The van der Waals surface area contributed by atoms with Crippen LogP contribution in [0.4, 0.5) is 0 Å². The predicted octanol–water partition coefficient (Wildman–Crippen LogP) is 2.49. The number of aromatic hydroxyl groups is 1. The van der Waals surface area contributed by atoms with Gasteiger partial charge in [0.05, 0.1) is 10.6 Å². The number of benzene rings is 2. The second-order valence-corrected chi connectivity index (χ2v) is 7.29. The van der Waals surface area contributed by atoms with E-state index >= 15 is 0 Å². The second-order valence-electron chi connectivity index (χ2n) is 4.97. The van der Waals surface area contributed by atoms with Gasteiger partial charge in [-0.05, 0) is 36.4 Å². The Labute approximate surface area is 157 Å². The summed E-state index contributed by atoms with van der Waals surface area (Å²) in [7, 11) is -3.67. The van der Waals surface area contributed by atoms with E-state index in [1.165, 1.54) is 18.3 Å². The molecule has 1 radical (unpaired) electrons. The van der Waals surface area contributed by atoms with Crippen LogP contribution in [0.15, 0.2) is 79.0 Å². The van der Waals surface area contributed by atoms with Crippen molar-refractivity contribution in [3.8, 4) is 5.75 Å². The van der Waals surface area contributed by atoms with Gasteiger partial charge in [0.15, 0.2) is 5.69 Å². The number of rotatable bonds is 4. The van der Waals surface area contributed by atoms with E-state index in [0.717, 1.165) is 0 Å². The first kappa shape index (κ1) is 19.0. The summed E-state index contributed by atoms with van der Waals surface area (Å²) in [6.07, 6.45) is 1.35. The minimum atomic E-state index is -3.67. The molecule has 0 atom stereocenters. The Hall–Kier alpha value is -2.31. The Morgan fingerprint density at radius 3 is 1.88 bits per heavy atom. The van der Waals surface area contributed by atoms with Crippen molar-refractivity contribution in [3.63, 3.8) is 0 Å². The maximum Gasteiger partial charge on any atom is 0.366 e. The number of aromatic nitrogens is 1. The van der Waals surface area contributed by atoms with E-state index in [4.69, 9.17) is 4.52 Å². The maximum absolute atomic E-state index is 13.6. The molecule has 2 aromatic carbocycles. The van der Waals surface area contributed by atoms with Crippen molar-refractivity contribution in [2.75, 3.05) is 0 Å². The number of nitrogens with zero attached hydrogens (tertiary/aromatic N) is 1. The third kappa shape index (κ3) is 4.03. The Kier molecular flexibility index (Phi) is 6.22. The SMILES string of the molecule is O=C(OP(=O)(c1ccccc1)c1ccccc1)c1ncccc1O.[Li]. The third-order valence-corrected chi connectivity index (χ3v) is 5.76. The molecule has 0 saturated carbocycles. The van der Waals surface area contributed by atoms with Crippen LogP contribution in [0.3, 0.4) is 0 Å². The van der Waals surface area contributed by atoms with Gasteiger partial charge in [-0.2, -0.15) is 0 Å². The van der Waals surface area contributed by atoms with Crippen molar-refractivity contribution >= 4 is 42.8 Å². The zero-order valence-electron chi connectivity index (χ0n) is 13.6. The molecule has 25 heavy (non-hydrogen) atoms. The summed E-state index contributed by atoms with van der Waals surface area (Å²) < 4.78 is 18.9. The summed E-state index contributed by atoms with van der Waals surface area (Å²) in [6, 6.07) is 19.8. The number of carbonyl (C=O) groups excluding carboxylic acids is 1. The maximum atomic E-state index is 13.6. The molecule has 0 unspecified atom stereocenters. The molecule has 121 valence electrons. The first-order valence-electron chi connectivity index (χ1n) is 7.20. The molecular weight excluding hydrogens is 332 g/mol. The Bertz CT molecular complexity index is 860. The van der Waals surface area contributed by atoms with Gasteiger partial charge in [0, 0.05) is 25.1 Å². The molecule has 0 aliphatic rings. The number of hydrogen-bond acceptors (Lipinski definition) is 5. The van der Waals surface area contributed by atoms with Crippen molar-refractivity contribution in [2.45, 2.75) is 0 Å². The summed E-state index contributed by atoms with van der Waals surface area (Å²) in [5.74, 6) is -1.26. The van der Waals surface area contributed by atoms with Gasteiger partial charge in [-0.1, -0.05) is 36.4 Å². The zero-order valence-corrected chi connectivity index (χ0v) is 14.5. The molecule has 1 heterocycles. The van der Waals surface area contributed by atoms with Crippen LogP contribution in [0, 0.1) is 0 Å².